The molecule has 1 atom stereocenters. The van der Waals surface area contributed by atoms with Gasteiger partial charge in [0.2, 0.25) is 0 Å². The van der Waals surface area contributed by atoms with Crippen molar-refractivity contribution in [2.45, 2.75) is 93.3 Å². The maximum absolute atomic E-state index is 10.1. The molecule has 0 aliphatic heterocycles. The Hall–Kier alpha value is -3.24. The summed E-state index contributed by atoms with van der Waals surface area (Å²) in [6, 6.07) is 0. The van der Waals surface area contributed by atoms with Crippen molar-refractivity contribution >= 4 is 0 Å². The van der Waals surface area contributed by atoms with Crippen molar-refractivity contribution < 1.29 is 14.9 Å². The molecule has 0 radical (unpaired) electrons. The highest BCUT2D eigenvalue weighted by Crippen LogP contribution is 2.41. The fourth-order valence-corrected chi connectivity index (χ4v) is 4.80. The van der Waals surface area contributed by atoms with Crippen molar-refractivity contribution in [3.05, 3.63) is 142 Å². The van der Waals surface area contributed by atoms with Crippen LogP contribution in [-0.2, 0) is 4.74 Å². The minimum Gasteiger partial charge on any atom is -0.393 e. The summed E-state index contributed by atoms with van der Waals surface area (Å²) in [4.78, 5) is 0. The topological polar surface area (TPSA) is 49.7 Å². The number of ether oxygens (including phenoxy) is 1. The van der Waals surface area contributed by atoms with E-state index in [0.29, 0.717) is 0 Å². The number of aliphatic hydroxyl groups excluding tert-OH is 2. The van der Waals surface area contributed by atoms with Gasteiger partial charge in [-0.15, -0.1) is 0 Å². The molecule has 0 aromatic heterocycles. The van der Waals surface area contributed by atoms with Crippen LogP contribution in [0.15, 0.2) is 142 Å². The van der Waals surface area contributed by atoms with Crippen LogP contribution in [0.1, 0.15) is 81.6 Å². The zero-order valence-electron chi connectivity index (χ0n) is 29.0. The maximum Gasteiger partial charge on any atom is 0.0681 e. The van der Waals surface area contributed by atoms with E-state index in [1.807, 2.05) is 48.6 Å². The van der Waals surface area contributed by atoms with Gasteiger partial charge in [0.1, 0.15) is 0 Å². The Morgan fingerprint density at radius 2 is 1.30 bits per heavy atom. The summed E-state index contributed by atoms with van der Waals surface area (Å²) in [7, 11) is 1.73. The third-order valence-electron chi connectivity index (χ3n) is 7.60. The number of methoxy groups -OCH3 is 1. The van der Waals surface area contributed by atoms with E-state index in [-0.39, 0.29) is 23.7 Å². The van der Waals surface area contributed by atoms with Crippen molar-refractivity contribution in [1.82, 2.24) is 0 Å². The van der Waals surface area contributed by atoms with Gasteiger partial charge in [-0.3, -0.25) is 0 Å². The number of hydrogen-bond acceptors (Lipinski definition) is 3. The van der Waals surface area contributed by atoms with Crippen LogP contribution >= 0.6 is 0 Å². The lowest BCUT2D eigenvalue weighted by Crippen LogP contribution is -2.28. The Labute approximate surface area is 269 Å². The predicted octanol–water partition coefficient (Wildman–Crippen LogP) is 10.3. The molecular formula is C41H58O3. The lowest BCUT2D eigenvalue weighted by molar-refractivity contribution is 0.0255. The van der Waals surface area contributed by atoms with Crippen molar-refractivity contribution in [1.29, 1.82) is 0 Å². The molecule has 0 amide bonds. The molecule has 0 spiro atoms. The van der Waals surface area contributed by atoms with Gasteiger partial charge in [-0.2, -0.15) is 0 Å². The summed E-state index contributed by atoms with van der Waals surface area (Å²) in [5.74, 6) is 0. The van der Waals surface area contributed by atoms with Crippen LogP contribution < -0.4 is 0 Å². The van der Waals surface area contributed by atoms with E-state index in [1.165, 1.54) is 16.7 Å². The predicted molar refractivity (Wildman–Crippen MR) is 192 cm³/mol. The van der Waals surface area contributed by atoms with Gasteiger partial charge in [0.15, 0.2) is 0 Å². The highest BCUT2D eigenvalue weighted by Gasteiger charge is 2.31. The summed E-state index contributed by atoms with van der Waals surface area (Å²) in [6.45, 7) is 19.0. The average Bonchev–Trinajstić information content (AvgIpc) is 2.93. The molecule has 44 heavy (non-hydrogen) atoms. The number of hydrogen-bond donors (Lipinski definition) is 2. The zero-order valence-corrected chi connectivity index (χ0v) is 29.0. The van der Waals surface area contributed by atoms with Crippen LogP contribution in [0.5, 0.6) is 0 Å². The van der Waals surface area contributed by atoms with Crippen LogP contribution in [0.25, 0.3) is 0 Å². The molecule has 0 heterocycles. The van der Waals surface area contributed by atoms with E-state index in [4.69, 9.17) is 4.74 Å². The first-order valence-corrected chi connectivity index (χ1v) is 15.7. The van der Waals surface area contributed by atoms with Gasteiger partial charge in [-0.25, -0.2) is 0 Å². The maximum atomic E-state index is 10.1. The summed E-state index contributed by atoms with van der Waals surface area (Å²) >= 11 is 0. The molecule has 1 aliphatic carbocycles. The standard InChI is InChI=1S/C41H58O3/c1-32(19-13-20-35(4)26-27-39-36(5)29-38(43)30-40(39,6)7)17-11-12-18-33(2)21-14-24-37(31-42)25-15-22-34(3)23-16-28-41(8,9)44-10/h11-27,38,42-43H,28-31H2,1-10H3/b12-11+,19-13+,21-14+,23-16+,25-15-,27-26+,32-17+,33-18+,34-22+,35-20+,37-24+/t38-/m1/s1. The van der Waals surface area contributed by atoms with Crippen molar-refractivity contribution in [2.75, 3.05) is 13.7 Å². The number of rotatable bonds is 15. The van der Waals surface area contributed by atoms with E-state index in [0.717, 1.165) is 41.6 Å². The third-order valence-corrected chi connectivity index (χ3v) is 7.60. The van der Waals surface area contributed by atoms with Crippen LogP contribution in [0.3, 0.4) is 0 Å². The summed E-state index contributed by atoms with van der Waals surface area (Å²) in [6.07, 6.45) is 37.1. The Kier molecular flexibility index (Phi) is 17.6. The van der Waals surface area contributed by atoms with Gasteiger partial charge in [0, 0.05) is 7.11 Å². The fourth-order valence-electron chi connectivity index (χ4n) is 4.80. The molecule has 0 unspecified atom stereocenters. The van der Waals surface area contributed by atoms with Crippen LogP contribution in [-0.4, -0.2) is 35.6 Å². The molecule has 3 heteroatoms. The second-order valence-corrected chi connectivity index (χ2v) is 13.0. The summed E-state index contributed by atoms with van der Waals surface area (Å²) in [5, 5.41) is 19.8. The van der Waals surface area contributed by atoms with E-state index in [9.17, 15) is 10.2 Å². The Morgan fingerprint density at radius 1 is 0.795 bits per heavy atom. The van der Waals surface area contributed by atoms with Crippen molar-refractivity contribution in [2.24, 2.45) is 5.41 Å². The number of allylic oxidation sites excluding steroid dienone is 20. The van der Waals surface area contributed by atoms with Gasteiger partial charge in [0.05, 0.1) is 18.3 Å². The largest absolute Gasteiger partial charge is 0.393 e. The highest BCUT2D eigenvalue weighted by molar-refractivity contribution is 5.38. The average molecular weight is 599 g/mol. The van der Waals surface area contributed by atoms with Crippen LogP contribution in [0.2, 0.25) is 0 Å². The van der Waals surface area contributed by atoms with Crippen molar-refractivity contribution in [3.8, 4) is 0 Å². The van der Waals surface area contributed by atoms with Gasteiger partial charge < -0.3 is 14.9 Å². The molecule has 240 valence electrons. The van der Waals surface area contributed by atoms with E-state index in [1.54, 1.807) is 7.11 Å². The molecule has 1 aliphatic rings. The molecule has 3 nitrogen and oxygen atoms in total. The van der Waals surface area contributed by atoms with Gasteiger partial charge in [0.25, 0.3) is 0 Å². The smallest absolute Gasteiger partial charge is 0.0681 e. The van der Waals surface area contributed by atoms with Crippen LogP contribution in [0, 0.1) is 5.41 Å². The first-order valence-electron chi connectivity index (χ1n) is 15.7. The quantitative estimate of drug-likeness (QED) is 0.184. The first kappa shape index (κ1) is 38.8. The Bertz CT molecular complexity index is 1290. The lowest BCUT2D eigenvalue weighted by Gasteiger charge is -2.35. The van der Waals surface area contributed by atoms with Crippen LogP contribution in [0.4, 0.5) is 0 Å². The molecule has 1 rings (SSSR count). The second-order valence-electron chi connectivity index (χ2n) is 13.0. The van der Waals surface area contributed by atoms with E-state index in [2.05, 4.69) is 117 Å². The Morgan fingerprint density at radius 3 is 1.84 bits per heavy atom. The Balaban J connectivity index is 2.67. The normalized spacial score (nSPS) is 20.4. The van der Waals surface area contributed by atoms with Gasteiger partial charge in [-0.1, -0.05) is 145 Å². The SMILES string of the molecule is COC(C)(C)C/C=C/C(C)=C/C=C\C(=C/C=C/C(C)=C/C=C/C=C(C)/C=C/C=C(C)/C=C/C1=C(C)C[C@@H](O)CC1(C)C)CO. The molecular weight excluding hydrogens is 540 g/mol. The number of aliphatic hydroxyl groups is 2. The van der Waals surface area contributed by atoms with Gasteiger partial charge >= 0.3 is 0 Å². The fraction of sp³-hybridized carbons (Fsp3) is 0.415. The minimum absolute atomic E-state index is 0.00348. The molecule has 0 fully saturated rings. The van der Waals surface area contributed by atoms with E-state index < -0.39 is 0 Å². The van der Waals surface area contributed by atoms with E-state index >= 15 is 0 Å². The molecule has 2 N–H and O–H groups in total. The summed E-state index contributed by atoms with van der Waals surface area (Å²) < 4.78 is 5.44. The first-order chi connectivity index (χ1) is 20.7. The molecule has 0 saturated heterocycles. The molecule has 0 bridgehead atoms. The van der Waals surface area contributed by atoms with Gasteiger partial charge in [-0.05, 0) is 84.3 Å². The second kappa shape index (κ2) is 19.9. The monoisotopic (exact) mass is 598 g/mol. The summed E-state index contributed by atoms with van der Waals surface area (Å²) in [5.41, 5.74) is 7.91. The minimum atomic E-state index is -0.234. The molecule has 0 aromatic rings. The zero-order chi connectivity index (χ0) is 33.2. The highest BCUT2D eigenvalue weighted by atomic mass is 16.5. The lowest BCUT2D eigenvalue weighted by atomic mass is 9.71. The van der Waals surface area contributed by atoms with Crippen molar-refractivity contribution in [3.63, 3.8) is 0 Å². The molecule has 0 aromatic carbocycles. The molecule has 0 saturated carbocycles. The third kappa shape index (κ3) is 16.6.